The van der Waals surface area contributed by atoms with Crippen molar-refractivity contribution in [3.8, 4) is 5.75 Å². The van der Waals surface area contributed by atoms with E-state index in [2.05, 4.69) is 22.9 Å². The van der Waals surface area contributed by atoms with Gasteiger partial charge >= 0.3 is 0 Å². The van der Waals surface area contributed by atoms with Gasteiger partial charge in [0.2, 0.25) is 10.0 Å². The van der Waals surface area contributed by atoms with Crippen LogP contribution in [0.3, 0.4) is 0 Å². The van der Waals surface area contributed by atoms with Gasteiger partial charge in [0.05, 0.1) is 0 Å². The van der Waals surface area contributed by atoms with Gasteiger partial charge in [-0.2, -0.15) is 0 Å². The van der Waals surface area contributed by atoms with Gasteiger partial charge in [0.15, 0.2) is 0 Å². The number of hydrogen-bond acceptors (Lipinski definition) is 3. The molecule has 1 aromatic carbocycles. The highest BCUT2D eigenvalue weighted by Gasteiger charge is 2.28. The standard InChI is InChI=1S/C15H22BrNO3S/c1-3-11-6-4-5-7-13(11)20-15-10(2)8-12(16)9-14(15)21(17,18)19/h8-9,11,13H,3-7H2,1-2H3,(H2,17,18,19). The minimum Gasteiger partial charge on any atom is -0.488 e. The summed E-state index contributed by atoms with van der Waals surface area (Å²) in [6.45, 7) is 4.00. The quantitative estimate of drug-likeness (QED) is 0.870. The Balaban J connectivity index is 2.39. The molecule has 118 valence electrons. The second-order valence-electron chi connectivity index (χ2n) is 5.70. The molecule has 0 heterocycles. The molecule has 0 aromatic heterocycles. The monoisotopic (exact) mass is 375 g/mol. The summed E-state index contributed by atoms with van der Waals surface area (Å²) in [7, 11) is -3.81. The molecule has 1 fully saturated rings. The van der Waals surface area contributed by atoms with Crippen molar-refractivity contribution in [1.29, 1.82) is 0 Å². The predicted molar refractivity (Wildman–Crippen MR) is 86.9 cm³/mol. The van der Waals surface area contributed by atoms with Crippen LogP contribution in [-0.2, 0) is 10.0 Å². The second kappa shape index (κ2) is 6.67. The topological polar surface area (TPSA) is 69.4 Å². The van der Waals surface area contributed by atoms with Crippen molar-refractivity contribution in [3.05, 3.63) is 22.2 Å². The van der Waals surface area contributed by atoms with E-state index < -0.39 is 10.0 Å². The van der Waals surface area contributed by atoms with Gasteiger partial charge in [-0.1, -0.05) is 29.3 Å². The molecule has 1 aliphatic carbocycles. The van der Waals surface area contributed by atoms with Crippen LogP contribution in [-0.4, -0.2) is 14.5 Å². The Morgan fingerprint density at radius 2 is 2.00 bits per heavy atom. The zero-order valence-corrected chi connectivity index (χ0v) is 14.8. The third-order valence-electron chi connectivity index (χ3n) is 4.14. The lowest BCUT2D eigenvalue weighted by molar-refractivity contribution is 0.0867. The predicted octanol–water partition coefficient (Wildman–Crippen LogP) is 3.75. The fraction of sp³-hybridized carbons (Fsp3) is 0.600. The van der Waals surface area contributed by atoms with Crippen molar-refractivity contribution in [2.45, 2.75) is 57.0 Å². The molecule has 2 N–H and O–H groups in total. The van der Waals surface area contributed by atoms with Crippen LogP contribution in [0.25, 0.3) is 0 Å². The molecular weight excluding hydrogens is 354 g/mol. The van der Waals surface area contributed by atoms with Crippen LogP contribution in [0.1, 0.15) is 44.6 Å². The third-order valence-corrected chi connectivity index (χ3v) is 5.52. The number of halogens is 1. The fourth-order valence-electron chi connectivity index (χ4n) is 3.01. The van der Waals surface area contributed by atoms with Gasteiger partial charge in [-0.15, -0.1) is 0 Å². The molecule has 0 amide bonds. The smallest absolute Gasteiger partial charge is 0.241 e. The van der Waals surface area contributed by atoms with Crippen LogP contribution in [0.4, 0.5) is 0 Å². The summed E-state index contributed by atoms with van der Waals surface area (Å²) in [4.78, 5) is 0.0646. The normalized spacial score (nSPS) is 23.0. The Labute approximate surface area is 135 Å². The van der Waals surface area contributed by atoms with Gasteiger partial charge in [0.25, 0.3) is 0 Å². The van der Waals surface area contributed by atoms with Crippen molar-refractivity contribution in [1.82, 2.24) is 0 Å². The molecule has 0 bridgehead atoms. The van der Waals surface area contributed by atoms with Crippen molar-refractivity contribution >= 4 is 26.0 Å². The molecule has 2 unspecified atom stereocenters. The van der Waals surface area contributed by atoms with E-state index in [-0.39, 0.29) is 11.0 Å². The van der Waals surface area contributed by atoms with Gasteiger partial charge in [-0.05, 0) is 56.2 Å². The lowest BCUT2D eigenvalue weighted by Crippen LogP contribution is -2.31. The molecule has 0 aliphatic heterocycles. The summed E-state index contributed by atoms with van der Waals surface area (Å²) in [5, 5.41) is 5.34. The largest absolute Gasteiger partial charge is 0.488 e. The maximum Gasteiger partial charge on any atom is 0.241 e. The number of aryl methyl sites for hydroxylation is 1. The maximum absolute atomic E-state index is 11.8. The average molecular weight is 376 g/mol. The Bertz CT molecular complexity index is 616. The molecule has 0 saturated heterocycles. The number of benzene rings is 1. The molecule has 21 heavy (non-hydrogen) atoms. The minimum atomic E-state index is -3.81. The summed E-state index contributed by atoms with van der Waals surface area (Å²) in [5.74, 6) is 0.890. The molecule has 2 atom stereocenters. The summed E-state index contributed by atoms with van der Waals surface area (Å²) < 4.78 is 30.5. The first-order valence-electron chi connectivity index (χ1n) is 7.32. The van der Waals surface area contributed by atoms with Crippen molar-refractivity contribution in [3.63, 3.8) is 0 Å². The summed E-state index contributed by atoms with van der Waals surface area (Å²) in [5.41, 5.74) is 0.786. The van der Waals surface area contributed by atoms with E-state index in [0.717, 1.165) is 31.2 Å². The zero-order valence-electron chi connectivity index (χ0n) is 12.4. The molecule has 2 rings (SSSR count). The number of rotatable bonds is 4. The molecule has 6 heteroatoms. The SMILES string of the molecule is CCC1CCCCC1Oc1c(C)cc(Br)cc1S(N)(=O)=O. The summed E-state index contributed by atoms with van der Waals surface area (Å²) in [6, 6.07) is 3.37. The highest BCUT2D eigenvalue weighted by Crippen LogP contribution is 2.36. The van der Waals surface area contributed by atoms with Crippen LogP contribution in [0, 0.1) is 12.8 Å². The second-order valence-corrected chi connectivity index (χ2v) is 8.15. The molecule has 1 saturated carbocycles. The zero-order chi connectivity index (χ0) is 15.6. The highest BCUT2D eigenvalue weighted by molar-refractivity contribution is 9.10. The van der Waals surface area contributed by atoms with E-state index in [1.54, 1.807) is 0 Å². The van der Waals surface area contributed by atoms with E-state index in [1.807, 2.05) is 13.0 Å². The molecule has 0 spiro atoms. The Hall–Kier alpha value is -0.590. The summed E-state index contributed by atoms with van der Waals surface area (Å²) in [6.07, 6.45) is 5.58. The molecule has 0 radical (unpaired) electrons. The van der Waals surface area contributed by atoms with E-state index in [1.165, 1.54) is 12.5 Å². The van der Waals surface area contributed by atoms with Crippen LogP contribution >= 0.6 is 15.9 Å². The lowest BCUT2D eigenvalue weighted by atomic mass is 9.84. The molecule has 1 aromatic rings. The Morgan fingerprint density at radius 1 is 1.33 bits per heavy atom. The van der Waals surface area contributed by atoms with E-state index >= 15 is 0 Å². The first kappa shape index (κ1) is 16.8. The van der Waals surface area contributed by atoms with Crippen molar-refractivity contribution in [2.24, 2.45) is 11.1 Å². The van der Waals surface area contributed by atoms with Gasteiger partial charge in [0.1, 0.15) is 16.7 Å². The number of ether oxygens (including phenoxy) is 1. The van der Waals surface area contributed by atoms with Gasteiger partial charge in [0, 0.05) is 4.47 Å². The fourth-order valence-corrected chi connectivity index (χ4v) is 4.49. The first-order chi connectivity index (χ1) is 9.82. The average Bonchev–Trinajstić information content (AvgIpc) is 2.40. The lowest BCUT2D eigenvalue weighted by Gasteiger charge is -2.32. The van der Waals surface area contributed by atoms with Gasteiger partial charge in [-0.25, -0.2) is 13.6 Å². The highest BCUT2D eigenvalue weighted by atomic mass is 79.9. The van der Waals surface area contributed by atoms with Crippen LogP contribution in [0.15, 0.2) is 21.5 Å². The van der Waals surface area contributed by atoms with Crippen LogP contribution in [0.2, 0.25) is 0 Å². The number of nitrogens with two attached hydrogens (primary N) is 1. The summed E-state index contributed by atoms with van der Waals surface area (Å²) >= 11 is 3.31. The van der Waals surface area contributed by atoms with Crippen molar-refractivity contribution < 1.29 is 13.2 Å². The van der Waals surface area contributed by atoms with Crippen LogP contribution in [0.5, 0.6) is 5.75 Å². The molecule has 1 aliphatic rings. The van der Waals surface area contributed by atoms with Crippen LogP contribution < -0.4 is 9.88 Å². The van der Waals surface area contributed by atoms with E-state index in [9.17, 15) is 8.42 Å². The first-order valence-corrected chi connectivity index (χ1v) is 9.66. The van der Waals surface area contributed by atoms with Gasteiger partial charge in [-0.3, -0.25) is 0 Å². The Morgan fingerprint density at radius 3 is 2.62 bits per heavy atom. The van der Waals surface area contributed by atoms with Gasteiger partial charge < -0.3 is 4.74 Å². The number of primary sulfonamides is 1. The van der Waals surface area contributed by atoms with E-state index in [0.29, 0.717) is 16.1 Å². The maximum atomic E-state index is 11.8. The number of sulfonamides is 1. The molecular formula is C15H22BrNO3S. The Kier molecular flexibility index (Phi) is 5.33. The molecule has 4 nitrogen and oxygen atoms in total. The minimum absolute atomic E-state index is 0.0646. The van der Waals surface area contributed by atoms with E-state index in [4.69, 9.17) is 9.88 Å². The number of hydrogen-bond donors (Lipinski definition) is 1. The third kappa shape index (κ3) is 3.99. The van der Waals surface area contributed by atoms with Crippen molar-refractivity contribution in [2.75, 3.05) is 0 Å².